The van der Waals surface area contributed by atoms with Gasteiger partial charge in [0.25, 0.3) is 5.91 Å². The van der Waals surface area contributed by atoms with Crippen LogP contribution in [0.25, 0.3) is 0 Å². The average molecular weight is 346 g/mol. The molecule has 0 radical (unpaired) electrons. The van der Waals surface area contributed by atoms with Crippen LogP contribution in [0.15, 0.2) is 24.3 Å². The molecule has 25 heavy (non-hydrogen) atoms. The second-order valence-electron chi connectivity index (χ2n) is 7.96. The fraction of sp³-hybridized carbons (Fsp3) is 0.600. The van der Waals surface area contributed by atoms with Gasteiger partial charge in [-0.05, 0) is 29.0 Å². The van der Waals surface area contributed by atoms with E-state index >= 15 is 0 Å². The van der Waals surface area contributed by atoms with Crippen LogP contribution in [0.4, 0.5) is 0 Å². The molecule has 5 heteroatoms. The van der Waals surface area contributed by atoms with E-state index < -0.39 is 6.04 Å². The Kier molecular flexibility index (Phi) is 6.22. The Balaban J connectivity index is 2.08. The van der Waals surface area contributed by atoms with E-state index in [0.29, 0.717) is 31.9 Å². The number of benzene rings is 1. The summed E-state index contributed by atoms with van der Waals surface area (Å²) in [5, 5.41) is 2.92. The van der Waals surface area contributed by atoms with Gasteiger partial charge in [0.2, 0.25) is 5.91 Å². The zero-order chi connectivity index (χ0) is 18.6. The quantitative estimate of drug-likeness (QED) is 0.912. The first kappa shape index (κ1) is 19.4. The first-order valence-corrected chi connectivity index (χ1v) is 8.98. The molecular weight excluding hydrogens is 316 g/mol. The summed E-state index contributed by atoms with van der Waals surface area (Å²) in [5.41, 5.74) is 1.80. The lowest BCUT2D eigenvalue weighted by molar-refractivity contribution is -0.138. The van der Waals surface area contributed by atoms with Crippen LogP contribution in [0.3, 0.4) is 0 Å². The van der Waals surface area contributed by atoms with Gasteiger partial charge >= 0.3 is 0 Å². The van der Waals surface area contributed by atoms with Gasteiger partial charge in [-0.1, -0.05) is 46.8 Å². The molecule has 0 unspecified atom stereocenters. The van der Waals surface area contributed by atoms with Gasteiger partial charge in [-0.2, -0.15) is 0 Å². The second-order valence-corrected chi connectivity index (χ2v) is 7.96. The Bertz CT molecular complexity index is 596. The molecule has 0 saturated carbocycles. The number of amides is 2. The van der Waals surface area contributed by atoms with E-state index in [9.17, 15) is 9.59 Å². The van der Waals surface area contributed by atoms with E-state index in [1.165, 1.54) is 5.56 Å². The van der Waals surface area contributed by atoms with Crippen LogP contribution in [0.5, 0.6) is 0 Å². The van der Waals surface area contributed by atoms with Crippen LogP contribution in [0, 0.1) is 5.92 Å². The Morgan fingerprint density at radius 2 is 1.64 bits per heavy atom. The van der Waals surface area contributed by atoms with Crippen LogP contribution in [0.2, 0.25) is 0 Å². The Hall–Kier alpha value is -1.88. The molecule has 0 spiro atoms. The molecule has 1 N–H and O–H groups in total. The van der Waals surface area contributed by atoms with E-state index in [4.69, 9.17) is 4.74 Å². The van der Waals surface area contributed by atoms with Crippen molar-refractivity contribution < 1.29 is 14.3 Å². The maximum absolute atomic E-state index is 12.7. The van der Waals surface area contributed by atoms with E-state index in [1.54, 1.807) is 4.90 Å². The van der Waals surface area contributed by atoms with Crippen LogP contribution < -0.4 is 5.32 Å². The van der Waals surface area contributed by atoms with Gasteiger partial charge in [-0.15, -0.1) is 0 Å². The van der Waals surface area contributed by atoms with Crippen LogP contribution in [-0.4, -0.2) is 49.1 Å². The molecule has 1 aliphatic heterocycles. The predicted molar refractivity (Wildman–Crippen MR) is 98.6 cm³/mol. The normalized spacial score (nSPS) is 16.6. The number of carbonyl (C=O) groups excluding carboxylic acids is 2. The molecular formula is C20H30N2O3. The summed E-state index contributed by atoms with van der Waals surface area (Å²) in [6.07, 6.45) is 0. The molecule has 2 rings (SSSR count). The van der Waals surface area contributed by atoms with Crippen molar-refractivity contribution in [1.82, 2.24) is 10.2 Å². The Morgan fingerprint density at radius 3 is 2.12 bits per heavy atom. The van der Waals surface area contributed by atoms with Crippen LogP contribution in [0.1, 0.15) is 50.5 Å². The number of hydrogen-bond donors (Lipinski definition) is 1. The van der Waals surface area contributed by atoms with Crippen molar-refractivity contribution in [3.05, 3.63) is 35.4 Å². The summed E-state index contributed by atoms with van der Waals surface area (Å²) < 4.78 is 5.30. The lowest BCUT2D eigenvalue weighted by Crippen LogP contribution is -2.53. The summed E-state index contributed by atoms with van der Waals surface area (Å²) >= 11 is 0. The summed E-state index contributed by atoms with van der Waals surface area (Å²) in [5.74, 6) is -0.216. The zero-order valence-corrected chi connectivity index (χ0v) is 16.0. The van der Waals surface area contributed by atoms with Gasteiger partial charge < -0.3 is 15.0 Å². The van der Waals surface area contributed by atoms with Crippen molar-refractivity contribution >= 4 is 11.8 Å². The second kappa shape index (κ2) is 8.00. The standard InChI is InChI=1S/C20H30N2O3/c1-14(2)17(19(24)22-10-12-25-13-11-22)21-18(23)15-6-8-16(9-7-15)20(3,4)5/h6-9,14,17H,10-13H2,1-5H3,(H,21,23)/t17-/m0/s1. The van der Waals surface area contributed by atoms with E-state index in [2.05, 4.69) is 26.1 Å². The molecule has 0 bridgehead atoms. The van der Waals surface area contributed by atoms with Gasteiger partial charge in [0, 0.05) is 18.7 Å². The fourth-order valence-corrected chi connectivity index (χ4v) is 2.84. The van der Waals surface area contributed by atoms with Gasteiger partial charge in [0.05, 0.1) is 13.2 Å². The molecule has 1 heterocycles. The van der Waals surface area contributed by atoms with E-state index in [-0.39, 0.29) is 23.1 Å². The number of nitrogens with zero attached hydrogens (tertiary/aromatic N) is 1. The maximum Gasteiger partial charge on any atom is 0.251 e. The third-order valence-electron chi connectivity index (χ3n) is 4.56. The molecule has 1 aromatic carbocycles. The van der Waals surface area contributed by atoms with Crippen molar-refractivity contribution in [2.24, 2.45) is 5.92 Å². The number of hydrogen-bond acceptors (Lipinski definition) is 3. The summed E-state index contributed by atoms with van der Waals surface area (Å²) in [4.78, 5) is 27.1. The minimum absolute atomic E-state index is 0.0214. The number of morpholine rings is 1. The third kappa shape index (κ3) is 5.05. The highest BCUT2D eigenvalue weighted by molar-refractivity contribution is 5.97. The van der Waals surface area contributed by atoms with E-state index in [1.807, 2.05) is 38.1 Å². The smallest absolute Gasteiger partial charge is 0.251 e. The monoisotopic (exact) mass is 346 g/mol. The number of ether oxygens (including phenoxy) is 1. The molecule has 138 valence electrons. The molecule has 5 nitrogen and oxygen atoms in total. The van der Waals surface area contributed by atoms with Crippen molar-refractivity contribution in [3.8, 4) is 0 Å². The third-order valence-corrected chi connectivity index (χ3v) is 4.56. The molecule has 1 aliphatic rings. The van der Waals surface area contributed by atoms with Gasteiger partial charge in [-0.25, -0.2) is 0 Å². The highest BCUT2D eigenvalue weighted by Gasteiger charge is 2.29. The van der Waals surface area contributed by atoms with Gasteiger partial charge in [0.1, 0.15) is 6.04 Å². The molecule has 0 aromatic heterocycles. The SMILES string of the molecule is CC(C)[C@H](NC(=O)c1ccc(C(C)(C)C)cc1)C(=O)N1CCOCC1. The minimum Gasteiger partial charge on any atom is -0.378 e. The van der Waals surface area contributed by atoms with Crippen LogP contribution in [-0.2, 0) is 14.9 Å². The minimum atomic E-state index is -0.520. The number of nitrogens with one attached hydrogen (secondary N) is 1. The molecule has 1 atom stereocenters. The van der Waals surface area contributed by atoms with Crippen LogP contribution >= 0.6 is 0 Å². The first-order chi connectivity index (χ1) is 11.7. The number of carbonyl (C=O) groups is 2. The summed E-state index contributed by atoms with van der Waals surface area (Å²) in [6, 6.07) is 7.08. The zero-order valence-electron chi connectivity index (χ0n) is 16.0. The lowest BCUT2D eigenvalue weighted by Gasteiger charge is -2.32. The molecule has 2 amide bonds. The van der Waals surface area contributed by atoms with E-state index in [0.717, 1.165) is 0 Å². The predicted octanol–water partition coefficient (Wildman–Crippen LogP) is 2.60. The van der Waals surface area contributed by atoms with Gasteiger partial charge in [-0.3, -0.25) is 9.59 Å². The first-order valence-electron chi connectivity index (χ1n) is 8.98. The Labute approximate surface area is 150 Å². The average Bonchev–Trinajstić information content (AvgIpc) is 2.58. The Morgan fingerprint density at radius 1 is 1.08 bits per heavy atom. The van der Waals surface area contributed by atoms with Gasteiger partial charge in [0.15, 0.2) is 0 Å². The highest BCUT2D eigenvalue weighted by Crippen LogP contribution is 2.22. The van der Waals surface area contributed by atoms with Crippen molar-refractivity contribution in [2.45, 2.75) is 46.1 Å². The maximum atomic E-state index is 12.7. The molecule has 1 aromatic rings. The lowest BCUT2D eigenvalue weighted by atomic mass is 9.86. The molecule has 0 aliphatic carbocycles. The number of rotatable bonds is 4. The summed E-state index contributed by atoms with van der Waals surface area (Å²) in [7, 11) is 0. The fourth-order valence-electron chi connectivity index (χ4n) is 2.84. The molecule has 1 saturated heterocycles. The van der Waals surface area contributed by atoms with Crippen molar-refractivity contribution in [3.63, 3.8) is 0 Å². The largest absolute Gasteiger partial charge is 0.378 e. The van der Waals surface area contributed by atoms with Crippen molar-refractivity contribution in [2.75, 3.05) is 26.3 Å². The highest BCUT2D eigenvalue weighted by atomic mass is 16.5. The summed E-state index contributed by atoms with van der Waals surface area (Å²) in [6.45, 7) is 12.6. The molecule has 1 fully saturated rings. The topological polar surface area (TPSA) is 58.6 Å². The van der Waals surface area contributed by atoms with Crippen molar-refractivity contribution in [1.29, 1.82) is 0 Å².